The second-order valence-electron chi connectivity index (χ2n) is 5.05. The van der Waals surface area contributed by atoms with Crippen LogP contribution in [0.25, 0.3) is 0 Å². The summed E-state index contributed by atoms with van der Waals surface area (Å²) in [6, 6.07) is 17.8. The fourth-order valence-corrected chi connectivity index (χ4v) is 2.22. The van der Waals surface area contributed by atoms with Crippen molar-refractivity contribution in [2.75, 3.05) is 7.11 Å². The van der Waals surface area contributed by atoms with E-state index < -0.39 is 0 Å². The first-order valence-electron chi connectivity index (χ1n) is 7.16. The summed E-state index contributed by atoms with van der Waals surface area (Å²) in [6.07, 6.45) is 1.19. The molecule has 0 bridgehead atoms. The average molecular weight is 283 g/mol. The average Bonchev–Trinajstić information content (AvgIpc) is 2.54. The third-order valence-corrected chi connectivity index (χ3v) is 3.45. The number of ether oxygens (including phenoxy) is 1. The fourth-order valence-electron chi connectivity index (χ4n) is 2.22. The van der Waals surface area contributed by atoms with Crippen LogP contribution in [0.5, 0.6) is 5.75 Å². The van der Waals surface area contributed by atoms with Gasteiger partial charge in [-0.15, -0.1) is 0 Å². The van der Waals surface area contributed by atoms with Crippen LogP contribution >= 0.6 is 0 Å². The predicted molar refractivity (Wildman–Crippen MR) is 84.3 cm³/mol. The van der Waals surface area contributed by atoms with Crippen LogP contribution in [0.4, 0.5) is 0 Å². The molecule has 3 heteroatoms. The van der Waals surface area contributed by atoms with E-state index >= 15 is 0 Å². The Balaban J connectivity index is 1.84. The number of hydrogen-bond acceptors (Lipinski definition) is 2. The molecule has 1 atom stereocenters. The van der Waals surface area contributed by atoms with Gasteiger partial charge in [-0.25, -0.2) is 0 Å². The Bertz CT molecular complexity index is 581. The Hall–Kier alpha value is -2.29. The number of aryl methyl sites for hydroxylation is 1. The predicted octanol–water partition coefficient (Wildman–Crippen LogP) is 3.51. The van der Waals surface area contributed by atoms with Crippen molar-refractivity contribution in [2.45, 2.75) is 25.8 Å². The highest BCUT2D eigenvalue weighted by molar-refractivity contribution is 5.76. The molecular formula is C18H21NO2. The highest BCUT2D eigenvalue weighted by Crippen LogP contribution is 2.15. The molecule has 1 unspecified atom stereocenters. The molecule has 2 rings (SSSR count). The molecule has 0 saturated carbocycles. The van der Waals surface area contributed by atoms with Crippen molar-refractivity contribution in [3.05, 3.63) is 65.7 Å². The molecule has 0 radical (unpaired) electrons. The van der Waals surface area contributed by atoms with E-state index in [1.807, 2.05) is 61.5 Å². The van der Waals surface area contributed by atoms with Crippen molar-refractivity contribution in [3.8, 4) is 5.75 Å². The van der Waals surface area contributed by atoms with Crippen molar-refractivity contribution in [1.82, 2.24) is 5.32 Å². The highest BCUT2D eigenvalue weighted by Gasteiger charge is 2.09. The summed E-state index contributed by atoms with van der Waals surface area (Å²) < 4.78 is 5.18. The normalized spacial score (nSPS) is 11.7. The summed E-state index contributed by atoms with van der Waals surface area (Å²) in [5.74, 6) is 0.889. The zero-order valence-corrected chi connectivity index (χ0v) is 12.5. The van der Waals surface area contributed by atoms with Crippen molar-refractivity contribution < 1.29 is 9.53 Å². The maximum atomic E-state index is 12.0. The van der Waals surface area contributed by atoms with Gasteiger partial charge in [0.15, 0.2) is 0 Å². The van der Waals surface area contributed by atoms with E-state index in [1.54, 1.807) is 7.11 Å². The van der Waals surface area contributed by atoms with E-state index in [2.05, 4.69) is 5.32 Å². The number of hydrogen-bond donors (Lipinski definition) is 1. The van der Waals surface area contributed by atoms with Crippen molar-refractivity contribution in [1.29, 1.82) is 0 Å². The number of methoxy groups -OCH3 is 1. The Morgan fingerprint density at radius 3 is 2.62 bits per heavy atom. The molecule has 1 N–H and O–H groups in total. The summed E-state index contributed by atoms with van der Waals surface area (Å²) in [7, 11) is 1.65. The Kier molecular flexibility index (Phi) is 5.38. The molecule has 0 saturated heterocycles. The molecular weight excluding hydrogens is 262 g/mol. The van der Waals surface area contributed by atoms with Crippen LogP contribution in [0.2, 0.25) is 0 Å². The number of rotatable bonds is 6. The van der Waals surface area contributed by atoms with Crippen LogP contribution in [0.15, 0.2) is 54.6 Å². The Morgan fingerprint density at radius 2 is 1.90 bits per heavy atom. The summed E-state index contributed by atoms with van der Waals surface area (Å²) >= 11 is 0. The zero-order chi connectivity index (χ0) is 15.1. The number of amides is 1. The first-order valence-corrected chi connectivity index (χ1v) is 7.16. The van der Waals surface area contributed by atoms with Gasteiger partial charge < -0.3 is 10.1 Å². The smallest absolute Gasteiger partial charge is 0.220 e. The third kappa shape index (κ3) is 4.63. The summed E-state index contributed by atoms with van der Waals surface area (Å²) in [5, 5.41) is 3.02. The minimum atomic E-state index is 0.0315. The molecule has 1 amide bonds. The second-order valence-corrected chi connectivity index (χ2v) is 5.05. The van der Waals surface area contributed by atoms with Gasteiger partial charge in [0, 0.05) is 6.42 Å². The van der Waals surface area contributed by atoms with E-state index in [-0.39, 0.29) is 11.9 Å². The van der Waals surface area contributed by atoms with Crippen LogP contribution < -0.4 is 10.1 Å². The molecule has 3 nitrogen and oxygen atoms in total. The standard InChI is InChI=1S/C18H21NO2/c1-14(16-8-4-3-5-9-16)19-18(20)12-11-15-7-6-10-17(13-15)21-2/h3-10,13-14H,11-12H2,1-2H3,(H,19,20). The fraction of sp³-hybridized carbons (Fsp3) is 0.278. The molecule has 0 aliphatic carbocycles. The first-order chi connectivity index (χ1) is 10.2. The quantitative estimate of drug-likeness (QED) is 0.881. The first kappa shape index (κ1) is 15.1. The van der Waals surface area contributed by atoms with Crippen molar-refractivity contribution >= 4 is 5.91 Å². The van der Waals surface area contributed by atoms with Crippen LogP contribution in [0, 0.1) is 0 Å². The SMILES string of the molecule is COc1cccc(CCC(=O)NC(C)c2ccccc2)c1. The van der Waals surface area contributed by atoms with Gasteiger partial charge in [-0.2, -0.15) is 0 Å². The molecule has 0 fully saturated rings. The van der Waals surface area contributed by atoms with Gasteiger partial charge in [-0.05, 0) is 36.6 Å². The van der Waals surface area contributed by atoms with Gasteiger partial charge >= 0.3 is 0 Å². The number of carbonyl (C=O) groups is 1. The minimum Gasteiger partial charge on any atom is -0.497 e. The van der Waals surface area contributed by atoms with Gasteiger partial charge in [0.05, 0.1) is 13.2 Å². The van der Waals surface area contributed by atoms with Gasteiger partial charge in [0.25, 0.3) is 0 Å². The molecule has 0 aromatic heterocycles. The summed E-state index contributed by atoms with van der Waals surface area (Å²) in [5.41, 5.74) is 2.23. The topological polar surface area (TPSA) is 38.3 Å². The van der Waals surface area contributed by atoms with Gasteiger partial charge in [-0.3, -0.25) is 4.79 Å². The zero-order valence-electron chi connectivity index (χ0n) is 12.5. The number of nitrogens with one attached hydrogen (secondary N) is 1. The number of carbonyl (C=O) groups excluding carboxylic acids is 1. The molecule has 110 valence electrons. The Labute approximate surface area is 126 Å². The van der Waals surface area contributed by atoms with Crippen LogP contribution in [0.1, 0.15) is 30.5 Å². The van der Waals surface area contributed by atoms with Gasteiger partial charge in [0.2, 0.25) is 5.91 Å². The van der Waals surface area contributed by atoms with Gasteiger partial charge in [-0.1, -0.05) is 42.5 Å². The maximum absolute atomic E-state index is 12.0. The van der Waals surface area contributed by atoms with E-state index in [0.717, 1.165) is 16.9 Å². The van der Waals surface area contributed by atoms with E-state index in [9.17, 15) is 4.79 Å². The van der Waals surface area contributed by atoms with E-state index in [0.29, 0.717) is 12.8 Å². The minimum absolute atomic E-state index is 0.0315. The van der Waals surface area contributed by atoms with Crippen LogP contribution in [-0.2, 0) is 11.2 Å². The Morgan fingerprint density at radius 1 is 1.14 bits per heavy atom. The van der Waals surface area contributed by atoms with E-state index in [1.165, 1.54) is 0 Å². The van der Waals surface area contributed by atoms with Crippen molar-refractivity contribution in [3.63, 3.8) is 0 Å². The largest absolute Gasteiger partial charge is 0.497 e. The van der Waals surface area contributed by atoms with Crippen LogP contribution in [0.3, 0.4) is 0 Å². The summed E-state index contributed by atoms with van der Waals surface area (Å²) in [6.45, 7) is 2.00. The number of benzene rings is 2. The maximum Gasteiger partial charge on any atom is 0.220 e. The molecule has 0 aliphatic heterocycles. The molecule has 2 aromatic carbocycles. The van der Waals surface area contributed by atoms with Gasteiger partial charge in [0.1, 0.15) is 5.75 Å². The molecule has 0 heterocycles. The molecule has 0 aliphatic rings. The second kappa shape index (κ2) is 7.48. The lowest BCUT2D eigenvalue weighted by Crippen LogP contribution is -2.26. The lowest BCUT2D eigenvalue weighted by atomic mass is 10.1. The van der Waals surface area contributed by atoms with E-state index in [4.69, 9.17) is 4.74 Å². The molecule has 21 heavy (non-hydrogen) atoms. The lowest BCUT2D eigenvalue weighted by molar-refractivity contribution is -0.121. The monoisotopic (exact) mass is 283 g/mol. The van der Waals surface area contributed by atoms with Crippen molar-refractivity contribution in [2.24, 2.45) is 0 Å². The summed E-state index contributed by atoms with van der Waals surface area (Å²) in [4.78, 5) is 12.0. The third-order valence-electron chi connectivity index (χ3n) is 3.45. The van der Waals surface area contributed by atoms with Crippen LogP contribution in [-0.4, -0.2) is 13.0 Å². The highest BCUT2D eigenvalue weighted by atomic mass is 16.5. The molecule has 0 spiro atoms. The lowest BCUT2D eigenvalue weighted by Gasteiger charge is -2.14. The molecule has 2 aromatic rings.